The molecular weight excluding hydrogens is 1790 g/mol. The van der Waals surface area contributed by atoms with Crippen molar-refractivity contribution in [2.45, 2.75) is 104 Å². The minimum atomic E-state index is -0.372. The van der Waals surface area contributed by atoms with Crippen molar-refractivity contribution < 1.29 is 0 Å². The molecule has 706 valence electrons. The van der Waals surface area contributed by atoms with Crippen molar-refractivity contribution in [1.82, 2.24) is 9.13 Å². The van der Waals surface area contributed by atoms with Crippen LogP contribution in [0.15, 0.2) is 449 Å². The Bertz CT molecular complexity index is 8970. The normalized spacial score (nSPS) is 13.0. The number of nitriles is 2. The summed E-state index contributed by atoms with van der Waals surface area (Å²) in [5.74, 6) is 0. The van der Waals surface area contributed by atoms with Gasteiger partial charge in [-0.2, -0.15) is 10.5 Å². The van der Waals surface area contributed by atoms with Crippen LogP contribution >= 0.6 is 0 Å². The molecule has 4 aliphatic heterocycles. The first kappa shape index (κ1) is 90.3. The smallest absolute Gasteiger partial charge is 0.252 e. The molecule has 0 amide bonds. The van der Waals surface area contributed by atoms with Gasteiger partial charge in [-0.1, -0.05) is 373 Å². The van der Waals surface area contributed by atoms with E-state index in [-0.39, 0.29) is 35.1 Å². The number of fused-ring (bicyclic) bond motifs is 14. The number of anilines is 12. The topological polar surface area (TPSA) is 70.4 Å². The van der Waals surface area contributed by atoms with Gasteiger partial charge in [0.2, 0.25) is 0 Å². The van der Waals surface area contributed by atoms with Gasteiger partial charge in [-0.05, 0) is 302 Å². The van der Waals surface area contributed by atoms with E-state index in [4.69, 9.17) is 0 Å². The molecule has 0 saturated heterocycles. The van der Waals surface area contributed by atoms with E-state index in [1.54, 1.807) is 0 Å². The summed E-state index contributed by atoms with van der Waals surface area (Å²) in [6.07, 6.45) is 1.79. The fourth-order valence-electron chi connectivity index (χ4n) is 24.2. The fourth-order valence-corrected chi connectivity index (χ4v) is 24.2. The Hall–Kier alpha value is -17.7. The minimum absolute atomic E-state index is 0.0761. The molecule has 0 bridgehead atoms. The third-order valence-electron chi connectivity index (χ3n) is 32.2. The second-order valence-corrected chi connectivity index (χ2v) is 44.1. The molecule has 8 nitrogen and oxygen atoms in total. The number of benzene rings is 20. The summed E-state index contributed by atoms with van der Waals surface area (Å²) in [5, 5.41) is 26.7. The molecule has 0 atom stereocenters. The van der Waals surface area contributed by atoms with Gasteiger partial charge in [0, 0.05) is 89.8 Å². The molecule has 0 saturated carbocycles. The van der Waals surface area contributed by atoms with Crippen LogP contribution in [-0.4, -0.2) is 22.6 Å². The van der Waals surface area contributed by atoms with Gasteiger partial charge in [0.1, 0.15) is 0 Å². The first-order valence-corrected chi connectivity index (χ1v) is 51.9. The molecular formula is C138H108B2N8. The Labute approximate surface area is 867 Å². The average molecular weight is 1900 g/mol. The van der Waals surface area contributed by atoms with E-state index in [9.17, 15) is 10.5 Å². The van der Waals surface area contributed by atoms with Gasteiger partial charge in [0.15, 0.2) is 0 Å². The summed E-state index contributed by atoms with van der Waals surface area (Å²) < 4.78 is 5.07. The van der Waals surface area contributed by atoms with Gasteiger partial charge in [-0.3, -0.25) is 0 Å². The molecule has 2 aromatic heterocycles. The van der Waals surface area contributed by atoms with E-state index in [1.165, 1.54) is 82.8 Å². The zero-order valence-corrected chi connectivity index (χ0v) is 84.9. The summed E-state index contributed by atoms with van der Waals surface area (Å²) in [5.41, 5.74) is 45.2. The zero-order chi connectivity index (χ0) is 100. The van der Waals surface area contributed by atoms with Crippen LogP contribution in [0.5, 0.6) is 0 Å². The SMILES string of the molecule is CC(C)(C)c1ccc(N2c3ccc(C#N)cc3B3c4cc(C#N)ccc4N(c4ccc(C(C)(C)CCC(C)(C)c5ccc(N6c7ccc(-c8ccccc8)cc7B7c8cc(-c9ccccc9)ccc8N(c8ccc(C(C)(C)C)cc8)c8cc(-n9c%10cc(-c%11ccccc%11)ccc%10c%10ccc(-c%11ccccc%11)cc%109)cc6c87)cc5)cc4)c4cc(-n5c6cc(-c7ccccc7)ccc6c6ccc(-c7ccccc7)cc65)cc2c43)cc1. The van der Waals surface area contributed by atoms with Gasteiger partial charge in [0.05, 0.1) is 56.7 Å². The van der Waals surface area contributed by atoms with Crippen LogP contribution in [0.1, 0.15) is 115 Å². The molecule has 0 spiro atoms. The third kappa shape index (κ3) is 15.2. The zero-order valence-electron chi connectivity index (χ0n) is 84.9. The highest BCUT2D eigenvalue weighted by Crippen LogP contribution is 2.53. The van der Waals surface area contributed by atoms with Crippen molar-refractivity contribution in [2.24, 2.45) is 0 Å². The van der Waals surface area contributed by atoms with Gasteiger partial charge in [-0.15, -0.1) is 0 Å². The summed E-state index contributed by atoms with van der Waals surface area (Å²) >= 11 is 0. The van der Waals surface area contributed by atoms with E-state index >= 15 is 0 Å². The Morgan fingerprint density at radius 3 is 0.669 bits per heavy atom. The summed E-state index contributed by atoms with van der Waals surface area (Å²) in [6.45, 7) is 22.9. The standard InChI is InChI=1S/C138H108B2N8/c1-135(2,3)103-49-57-107(58-50-103)143-121-69-41-89(87-141)75-117(121)139-118-76-90(88-142)42-70-122(118)144(130-84-111(83-129(143)133(130)139)147-125-79-99(93-33-21-13-22-34-93)43-65-113(125)114-66-44-100(80-126(114)147)94-35-23-14-24-36-94)109-61-53-105(54-62-109)137(7,8)73-74-138(9,10)106-55-63-110(64-56-106)146-124-72-48-98(92-31-19-12-20-32-92)78-120(124)140-119-77-97(91-29-17-11-18-30-91)47-71-123(119)145(108-59-51-104(52-60-108)136(4,5)6)131-85-112(86-132(146)134(131)140)148-127-81-101(95-37-25-15-26-38-95)45-67-115(127)116-68-46-102(82-128(116)148)96-39-27-16-28-40-96/h11-72,75-86H,73-74H2,1-10H3. The quantitative estimate of drug-likeness (QED) is 0.0846. The molecule has 22 aromatic rings. The average Bonchev–Trinajstić information content (AvgIpc) is 1.05. The van der Waals surface area contributed by atoms with Gasteiger partial charge in [-0.25, -0.2) is 0 Å². The first-order valence-electron chi connectivity index (χ1n) is 51.9. The lowest BCUT2D eigenvalue weighted by atomic mass is 9.33. The van der Waals surface area contributed by atoms with Crippen LogP contribution in [0.4, 0.5) is 68.2 Å². The Balaban J connectivity index is 0.611. The van der Waals surface area contributed by atoms with Crippen molar-refractivity contribution in [3.8, 4) is 90.3 Å². The molecule has 0 unspecified atom stereocenters. The molecule has 0 N–H and O–H groups in total. The molecule has 4 aliphatic rings. The predicted octanol–water partition coefficient (Wildman–Crippen LogP) is 32.4. The summed E-state index contributed by atoms with van der Waals surface area (Å²) in [7, 11) is 0. The highest BCUT2D eigenvalue weighted by molar-refractivity contribution is 7.01. The third-order valence-corrected chi connectivity index (χ3v) is 32.2. The Morgan fingerprint density at radius 1 is 0.203 bits per heavy atom. The Morgan fingerprint density at radius 2 is 0.426 bits per heavy atom. The lowest BCUT2D eigenvalue weighted by molar-refractivity contribution is 0.375. The largest absolute Gasteiger partial charge is 0.311 e. The number of hydrogen-bond acceptors (Lipinski definition) is 6. The lowest BCUT2D eigenvalue weighted by Crippen LogP contribution is -2.61. The highest BCUT2D eigenvalue weighted by atomic mass is 15.2. The molecule has 20 aromatic carbocycles. The Kier molecular flexibility index (Phi) is 21.4. The van der Waals surface area contributed by atoms with Crippen LogP contribution in [0.2, 0.25) is 0 Å². The second-order valence-electron chi connectivity index (χ2n) is 44.1. The number of rotatable bonds is 17. The molecule has 0 aliphatic carbocycles. The van der Waals surface area contributed by atoms with E-state index < -0.39 is 0 Å². The summed E-state index contributed by atoms with van der Waals surface area (Å²) in [6, 6.07) is 173. The maximum absolute atomic E-state index is 11.1. The number of nitrogens with zero attached hydrogens (tertiary/aromatic N) is 8. The van der Waals surface area contributed by atoms with Crippen molar-refractivity contribution in [3.63, 3.8) is 0 Å². The van der Waals surface area contributed by atoms with E-state index in [0.717, 1.165) is 175 Å². The fraction of sp³-hybridized carbons (Fsp3) is 0.116. The number of aromatic nitrogens is 2. The molecule has 26 rings (SSSR count). The van der Waals surface area contributed by atoms with Crippen LogP contribution in [0.3, 0.4) is 0 Å². The van der Waals surface area contributed by atoms with E-state index in [0.29, 0.717) is 11.1 Å². The second kappa shape index (κ2) is 35.1. The van der Waals surface area contributed by atoms with Crippen molar-refractivity contribution in [1.29, 1.82) is 10.5 Å². The lowest BCUT2D eigenvalue weighted by Gasteiger charge is -2.45. The maximum Gasteiger partial charge on any atom is 0.252 e. The van der Waals surface area contributed by atoms with Crippen molar-refractivity contribution >= 4 is 158 Å². The van der Waals surface area contributed by atoms with E-state index in [1.807, 2.05) is 12.1 Å². The molecule has 0 radical (unpaired) electrons. The van der Waals surface area contributed by atoms with Crippen LogP contribution < -0.4 is 52.4 Å². The predicted molar refractivity (Wildman–Crippen MR) is 624 cm³/mol. The van der Waals surface area contributed by atoms with Crippen molar-refractivity contribution in [3.05, 3.63) is 482 Å². The first-order chi connectivity index (χ1) is 72.0. The maximum atomic E-state index is 11.1. The van der Waals surface area contributed by atoms with Crippen LogP contribution in [-0.2, 0) is 21.7 Å². The monoisotopic (exact) mass is 1900 g/mol. The van der Waals surface area contributed by atoms with Gasteiger partial charge < -0.3 is 28.7 Å². The molecule has 10 heteroatoms. The molecule has 148 heavy (non-hydrogen) atoms. The van der Waals surface area contributed by atoms with Crippen LogP contribution in [0.25, 0.3) is 122 Å². The minimum Gasteiger partial charge on any atom is -0.311 e. The van der Waals surface area contributed by atoms with Crippen LogP contribution in [0, 0.1) is 22.7 Å². The highest BCUT2D eigenvalue weighted by Gasteiger charge is 2.48. The molecule has 0 fully saturated rings. The van der Waals surface area contributed by atoms with Gasteiger partial charge >= 0.3 is 0 Å². The van der Waals surface area contributed by atoms with Gasteiger partial charge in [0.25, 0.3) is 13.4 Å². The van der Waals surface area contributed by atoms with Crippen molar-refractivity contribution in [2.75, 3.05) is 19.6 Å². The number of hydrogen-bond donors (Lipinski definition) is 0. The summed E-state index contributed by atoms with van der Waals surface area (Å²) in [4.78, 5) is 10.1. The molecule has 6 heterocycles. The van der Waals surface area contributed by atoms with E-state index in [2.05, 4.69) is 547 Å².